The number of anilines is 1. The molecule has 0 saturated carbocycles. The lowest BCUT2D eigenvalue weighted by Crippen LogP contribution is -2.39. The maximum absolute atomic E-state index is 13.2. The van der Waals surface area contributed by atoms with Crippen molar-refractivity contribution >= 4 is 11.6 Å². The Kier molecular flexibility index (Phi) is 3.61. The molecule has 17 heavy (non-hydrogen) atoms. The fourth-order valence-electron chi connectivity index (χ4n) is 2.02. The van der Waals surface area contributed by atoms with Crippen LogP contribution in [0.2, 0.25) is 0 Å². The highest BCUT2D eigenvalue weighted by Crippen LogP contribution is 2.21. The first kappa shape index (κ1) is 11.9. The Balaban J connectivity index is 2.02. The van der Waals surface area contributed by atoms with Crippen LogP contribution in [0.4, 0.5) is 10.1 Å². The van der Waals surface area contributed by atoms with Gasteiger partial charge in [-0.15, -0.1) is 0 Å². The summed E-state index contributed by atoms with van der Waals surface area (Å²) in [6, 6.07) is 7.45. The fraction of sp³-hybridized carbons (Fsp3) is 0.462. The molecule has 92 valence electrons. The highest BCUT2D eigenvalue weighted by molar-refractivity contribution is 5.77. The number of halogens is 1. The second kappa shape index (κ2) is 5.17. The minimum atomic E-state index is -0.966. The molecule has 3 nitrogen and oxygen atoms in total. The summed E-state index contributed by atoms with van der Waals surface area (Å²) >= 11 is 0. The molecule has 1 amide bonds. The average Bonchev–Trinajstić information content (AvgIpc) is 2.29. The second-order valence-corrected chi connectivity index (χ2v) is 4.43. The molecule has 1 fully saturated rings. The Morgan fingerprint density at radius 1 is 1.53 bits per heavy atom. The highest BCUT2D eigenvalue weighted by Gasteiger charge is 2.18. The first-order valence-corrected chi connectivity index (χ1v) is 5.92. The molecule has 1 saturated heterocycles. The van der Waals surface area contributed by atoms with E-state index in [9.17, 15) is 9.18 Å². The lowest BCUT2D eigenvalue weighted by atomic mass is 10.0. The van der Waals surface area contributed by atoms with E-state index in [1.54, 1.807) is 12.1 Å². The van der Waals surface area contributed by atoms with Crippen LogP contribution in [-0.2, 0) is 4.79 Å². The number of carbonyl (C=O) groups is 1. The number of hydrogen-bond donors (Lipinski definition) is 2. The van der Waals surface area contributed by atoms with Crippen molar-refractivity contribution in [3.63, 3.8) is 0 Å². The van der Waals surface area contributed by atoms with E-state index in [1.165, 1.54) is 6.92 Å². The maximum atomic E-state index is 13.2. The third-order valence-corrected chi connectivity index (χ3v) is 2.96. The number of amides is 1. The Bertz CT molecular complexity index is 406. The van der Waals surface area contributed by atoms with Crippen molar-refractivity contribution in [2.45, 2.75) is 32.0 Å². The Morgan fingerprint density at radius 2 is 2.35 bits per heavy atom. The standard InChI is InChI=1S/C13H17FN2O/c1-9(14)10-3-2-4-11(7-10)16-12-5-6-15-13(17)8-12/h2-4,7,9,12,16H,5-6,8H2,1H3,(H,15,17). The van der Waals surface area contributed by atoms with Gasteiger partial charge in [-0.05, 0) is 31.0 Å². The van der Waals surface area contributed by atoms with Crippen LogP contribution in [0.25, 0.3) is 0 Å². The van der Waals surface area contributed by atoms with E-state index < -0.39 is 6.17 Å². The van der Waals surface area contributed by atoms with Gasteiger partial charge in [-0.1, -0.05) is 12.1 Å². The smallest absolute Gasteiger partial charge is 0.222 e. The summed E-state index contributed by atoms with van der Waals surface area (Å²) in [7, 11) is 0. The topological polar surface area (TPSA) is 41.1 Å². The normalized spacial score (nSPS) is 21.8. The maximum Gasteiger partial charge on any atom is 0.222 e. The molecule has 0 aliphatic carbocycles. The molecule has 1 aromatic carbocycles. The minimum absolute atomic E-state index is 0.0729. The summed E-state index contributed by atoms with van der Waals surface area (Å²) in [4.78, 5) is 11.2. The number of hydrogen-bond acceptors (Lipinski definition) is 2. The van der Waals surface area contributed by atoms with E-state index in [4.69, 9.17) is 0 Å². The van der Waals surface area contributed by atoms with E-state index in [1.807, 2.05) is 12.1 Å². The van der Waals surface area contributed by atoms with Gasteiger partial charge in [0.15, 0.2) is 0 Å². The van der Waals surface area contributed by atoms with Crippen molar-refractivity contribution in [2.24, 2.45) is 0 Å². The van der Waals surface area contributed by atoms with Gasteiger partial charge < -0.3 is 10.6 Å². The lowest BCUT2D eigenvalue weighted by Gasteiger charge is -2.24. The molecule has 0 aromatic heterocycles. The minimum Gasteiger partial charge on any atom is -0.382 e. The van der Waals surface area contributed by atoms with Gasteiger partial charge in [0, 0.05) is 24.7 Å². The molecule has 4 heteroatoms. The van der Waals surface area contributed by atoms with Gasteiger partial charge in [-0.3, -0.25) is 4.79 Å². The van der Waals surface area contributed by atoms with Crippen LogP contribution in [0.3, 0.4) is 0 Å². The number of alkyl halides is 1. The van der Waals surface area contributed by atoms with E-state index in [-0.39, 0.29) is 11.9 Å². The zero-order valence-corrected chi connectivity index (χ0v) is 9.87. The first-order chi connectivity index (χ1) is 8.15. The fourth-order valence-corrected chi connectivity index (χ4v) is 2.02. The van der Waals surface area contributed by atoms with Crippen LogP contribution < -0.4 is 10.6 Å². The zero-order chi connectivity index (χ0) is 12.3. The number of carbonyl (C=O) groups excluding carboxylic acids is 1. The van der Waals surface area contributed by atoms with Gasteiger partial charge >= 0.3 is 0 Å². The predicted molar refractivity (Wildman–Crippen MR) is 65.6 cm³/mol. The van der Waals surface area contributed by atoms with E-state index in [0.717, 1.165) is 12.1 Å². The molecular weight excluding hydrogens is 219 g/mol. The summed E-state index contributed by atoms with van der Waals surface area (Å²) in [5.41, 5.74) is 1.54. The first-order valence-electron chi connectivity index (χ1n) is 5.92. The van der Waals surface area contributed by atoms with Gasteiger partial charge in [0.25, 0.3) is 0 Å². The molecule has 2 N–H and O–H groups in total. The highest BCUT2D eigenvalue weighted by atomic mass is 19.1. The van der Waals surface area contributed by atoms with Crippen LogP contribution in [0.1, 0.15) is 31.5 Å². The molecule has 1 heterocycles. The molecule has 0 bridgehead atoms. The molecule has 1 aliphatic heterocycles. The molecule has 2 rings (SSSR count). The summed E-state index contributed by atoms with van der Waals surface area (Å²) in [6.45, 7) is 2.23. The van der Waals surface area contributed by atoms with Gasteiger partial charge in [-0.25, -0.2) is 4.39 Å². The Morgan fingerprint density at radius 3 is 3.06 bits per heavy atom. The predicted octanol–water partition coefficient (Wildman–Crippen LogP) is 2.41. The third-order valence-electron chi connectivity index (χ3n) is 2.96. The van der Waals surface area contributed by atoms with Crippen LogP contribution in [0.5, 0.6) is 0 Å². The van der Waals surface area contributed by atoms with Gasteiger partial charge in [0.05, 0.1) is 0 Å². The average molecular weight is 236 g/mol. The van der Waals surface area contributed by atoms with Gasteiger partial charge in [0.1, 0.15) is 6.17 Å². The molecule has 2 atom stereocenters. The summed E-state index contributed by atoms with van der Waals surface area (Å²) in [5.74, 6) is 0.0729. The van der Waals surface area contributed by atoms with Crippen LogP contribution in [-0.4, -0.2) is 18.5 Å². The summed E-state index contributed by atoms with van der Waals surface area (Å²) in [5, 5.41) is 6.07. The van der Waals surface area contributed by atoms with Gasteiger partial charge in [0.2, 0.25) is 5.91 Å². The number of nitrogens with one attached hydrogen (secondary N) is 2. The molecule has 1 aliphatic rings. The molecule has 2 unspecified atom stereocenters. The van der Waals surface area contributed by atoms with Crippen LogP contribution in [0.15, 0.2) is 24.3 Å². The van der Waals surface area contributed by atoms with Crippen molar-refractivity contribution in [3.05, 3.63) is 29.8 Å². The van der Waals surface area contributed by atoms with Crippen molar-refractivity contribution in [3.8, 4) is 0 Å². The molecular formula is C13H17FN2O. The number of rotatable bonds is 3. The summed E-state index contributed by atoms with van der Waals surface area (Å²) in [6.07, 6.45) is 0.419. The third kappa shape index (κ3) is 3.19. The Hall–Kier alpha value is -1.58. The molecule has 0 spiro atoms. The van der Waals surface area contributed by atoms with Crippen molar-refractivity contribution < 1.29 is 9.18 Å². The number of benzene rings is 1. The van der Waals surface area contributed by atoms with Crippen LogP contribution >= 0.6 is 0 Å². The quantitative estimate of drug-likeness (QED) is 0.846. The largest absolute Gasteiger partial charge is 0.382 e. The monoisotopic (exact) mass is 236 g/mol. The summed E-state index contributed by atoms with van der Waals surface area (Å²) < 4.78 is 13.2. The van der Waals surface area contributed by atoms with E-state index in [0.29, 0.717) is 18.5 Å². The lowest BCUT2D eigenvalue weighted by molar-refractivity contribution is -0.122. The van der Waals surface area contributed by atoms with E-state index >= 15 is 0 Å². The van der Waals surface area contributed by atoms with E-state index in [2.05, 4.69) is 10.6 Å². The Labute approximate surface area is 100 Å². The zero-order valence-electron chi connectivity index (χ0n) is 9.87. The van der Waals surface area contributed by atoms with Crippen molar-refractivity contribution in [2.75, 3.05) is 11.9 Å². The van der Waals surface area contributed by atoms with Crippen molar-refractivity contribution in [1.29, 1.82) is 0 Å². The van der Waals surface area contributed by atoms with Crippen LogP contribution in [0, 0.1) is 0 Å². The molecule has 0 radical (unpaired) electrons. The number of piperidine rings is 1. The molecule has 1 aromatic rings. The van der Waals surface area contributed by atoms with Crippen molar-refractivity contribution in [1.82, 2.24) is 5.32 Å². The second-order valence-electron chi connectivity index (χ2n) is 4.43. The SMILES string of the molecule is CC(F)c1cccc(NC2CCNC(=O)C2)c1. The van der Waals surface area contributed by atoms with Gasteiger partial charge in [-0.2, -0.15) is 0 Å².